The number of hydrogen-bond donors (Lipinski definition) is 1. The van der Waals surface area contributed by atoms with E-state index in [1.165, 1.54) is 5.56 Å². The van der Waals surface area contributed by atoms with Gasteiger partial charge in [-0.15, -0.1) is 0 Å². The Balaban J connectivity index is 2.20. The molecule has 1 heterocycles. The molecule has 0 aliphatic heterocycles. The van der Waals surface area contributed by atoms with E-state index in [0.717, 1.165) is 6.54 Å². The van der Waals surface area contributed by atoms with Crippen LogP contribution in [0.1, 0.15) is 15.9 Å². The molecule has 0 spiro atoms. The molecule has 0 atom stereocenters. The first-order valence-corrected chi connectivity index (χ1v) is 5.55. The van der Waals surface area contributed by atoms with E-state index >= 15 is 0 Å². The number of amides is 1. The van der Waals surface area contributed by atoms with Crippen LogP contribution < -0.4 is 9.88 Å². The van der Waals surface area contributed by atoms with Gasteiger partial charge in [0.1, 0.15) is 5.56 Å². The molecule has 0 fully saturated rings. The summed E-state index contributed by atoms with van der Waals surface area (Å²) in [5.74, 6) is -0.0626. The van der Waals surface area contributed by atoms with Crippen LogP contribution in [0.15, 0.2) is 54.9 Å². The Morgan fingerprint density at radius 2 is 1.94 bits per heavy atom. The molecule has 1 aromatic heterocycles. The molecule has 1 aromatic carbocycles. The van der Waals surface area contributed by atoms with Gasteiger partial charge in [-0.3, -0.25) is 4.79 Å². The molecule has 3 nitrogen and oxygen atoms in total. The van der Waals surface area contributed by atoms with Gasteiger partial charge in [-0.25, -0.2) is 0 Å². The van der Waals surface area contributed by atoms with Crippen molar-refractivity contribution in [2.45, 2.75) is 6.54 Å². The van der Waals surface area contributed by atoms with E-state index in [-0.39, 0.29) is 5.91 Å². The molecule has 2 rings (SSSR count). The lowest BCUT2D eigenvalue weighted by molar-refractivity contribution is -0.688. The highest BCUT2D eigenvalue weighted by Gasteiger charge is 2.08. The zero-order valence-corrected chi connectivity index (χ0v) is 9.76. The van der Waals surface area contributed by atoms with Crippen LogP contribution in [0.25, 0.3) is 0 Å². The van der Waals surface area contributed by atoms with Crippen LogP contribution in [-0.4, -0.2) is 13.0 Å². The van der Waals surface area contributed by atoms with Crippen molar-refractivity contribution in [1.29, 1.82) is 0 Å². The minimum Gasteiger partial charge on any atom is -0.355 e. The maximum Gasteiger partial charge on any atom is 0.257 e. The largest absolute Gasteiger partial charge is 0.355 e. The van der Waals surface area contributed by atoms with Crippen molar-refractivity contribution in [2.24, 2.45) is 0 Å². The lowest BCUT2D eigenvalue weighted by Gasteiger charge is -2.00. The van der Waals surface area contributed by atoms with Crippen LogP contribution in [0.2, 0.25) is 0 Å². The minimum absolute atomic E-state index is 0.0626. The van der Waals surface area contributed by atoms with Crippen molar-refractivity contribution in [3.05, 3.63) is 66.0 Å². The molecule has 3 heteroatoms. The second-order valence-corrected chi connectivity index (χ2v) is 3.83. The molecule has 1 amide bonds. The van der Waals surface area contributed by atoms with E-state index in [0.29, 0.717) is 5.56 Å². The first-order chi connectivity index (χ1) is 8.29. The molecular formula is C14H15N2O+. The van der Waals surface area contributed by atoms with Crippen LogP contribution in [0.5, 0.6) is 0 Å². The van der Waals surface area contributed by atoms with E-state index < -0.39 is 0 Å². The first-order valence-electron chi connectivity index (χ1n) is 5.55. The zero-order valence-electron chi connectivity index (χ0n) is 9.76. The Morgan fingerprint density at radius 1 is 1.18 bits per heavy atom. The van der Waals surface area contributed by atoms with Gasteiger partial charge in [-0.1, -0.05) is 30.3 Å². The summed E-state index contributed by atoms with van der Waals surface area (Å²) in [7, 11) is 1.64. The SMILES string of the molecule is CNC(=O)c1ccc[n+](Cc2ccccc2)c1. The normalized spacial score (nSPS) is 9.94. The second kappa shape index (κ2) is 5.25. The van der Waals surface area contributed by atoms with Gasteiger partial charge in [-0.05, 0) is 6.07 Å². The average molecular weight is 227 g/mol. The number of hydrogen-bond acceptors (Lipinski definition) is 1. The van der Waals surface area contributed by atoms with Crippen molar-refractivity contribution >= 4 is 5.91 Å². The number of nitrogens with zero attached hydrogens (tertiary/aromatic N) is 1. The van der Waals surface area contributed by atoms with Gasteiger partial charge in [0, 0.05) is 18.7 Å². The van der Waals surface area contributed by atoms with Crippen LogP contribution in [0, 0.1) is 0 Å². The van der Waals surface area contributed by atoms with Gasteiger partial charge in [0.15, 0.2) is 18.9 Å². The van der Waals surface area contributed by atoms with Crippen molar-refractivity contribution in [3.63, 3.8) is 0 Å². The van der Waals surface area contributed by atoms with Gasteiger partial charge in [-0.2, -0.15) is 4.57 Å². The molecule has 0 bridgehead atoms. The molecule has 0 aliphatic rings. The van der Waals surface area contributed by atoms with E-state index in [4.69, 9.17) is 0 Å². The van der Waals surface area contributed by atoms with Crippen molar-refractivity contribution < 1.29 is 9.36 Å². The number of carbonyl (C=O) groups is 1. The van der Waals surface area contributed by atoms with Crippen molar-refractivity contribution in [2.75, 3.05) is 7.05 Å². The third-order valence-corrected chi connectivity index (χ3v) is 2.56. The van der Waals surface area contributed by atoms with Gasteiger partial charge >= 0.3 is 0 Å². The average Bonchev–Trinajstić information content (AvgIpc) is 2.39. The summed E-state index contributed by atoms with van der Waals surface area (Å²) in [5, 5.41) is 2.62. The van der Waals surface area contributed by atoms with Gasteiger partial charge < -0.3 is 5.32 Å². The molecule has 1 N–H and O–H groups in total. The summed E-state index contributed by atoms with van der Waals surface area (Å²) in [6.45, 7) is 0.770. The smallest absolute Gasteiger partial charge is 0.257 e. The number of nitrogens with one attached hydrogen (secondary N) is 1. The van der Waals surface area contributed by atoms with E-state index in [1.807, 2.05) is 41.2 Å². The summed E-state index contributed by atoms with van der Waals surface area (Å²) < 4.78 is 2.00. The Morgan fingerprint density at radius 3 is 2.65 bits per heavy atom. The molecular weight excluding hydrogens is 212 g/mol. The summed E-state index contributed by atoms with van der Waals surface area (Å²) in [4.78, 5) is 11.5. The molecule has 0 saturated heterocycles. The van der Waals surface area contributed by atoms with E-state index in [1.54, 1.807) is 13.1 Å². The van der Waals surface area contributed by atoms with Crippen molar-refractivity contribution in [3.8, 4) is 0 Å². The highest BCUT2D eigenvalue weighted by atomic mass is 16.1. The summed E-state index contributed by atoms with van der Waals surface area (Å²) in [6, 6.07) is 13.8. The van der Waals surface area contributed by atoms with Crippen LogP contribution in [0.4, 0.5) is 0 Å². The molecule has 17 heavy (non-hydrogen) atoms. The summed E-state index contributed by atoms with van der Waals surface area (Å²) in [5.41, 5.74) is 1.89. The Kier molecular flexibility index (Phi) is 3.50. The standard InChI is InChI=1S/C14H14N2O/c1-15-14(17)13-8-5-9-16(11-13)10-12-6-3-2-4-7-12/h2-9,11H,10H2,1H3/p+1. The van der Waals surface area contributed by atoms with Gasteiger partial charge in [0.05, 0.1) is 0 Å². The van der Waals surface area contributed by atoms with Crippen LogP contribution >= 0.6 is 0 Å². The maximum absolute atomic E-state index is 11.5. The third-order valence-electron chi connectivity index (χ3n) is 2.56. The Hall–Kier alpha value is -2.16. The number of aromatic nitrogens is 1. The Labute approximate surface area is 101 Å². The lowest BCUT2D eigenvalue weighted by atomic mass is 10.2. The highest BCUT2D eigenvalue weighted by Crippen LogP contribution is 1.99. The minimum atomic E-state index is -0.0626. The monoisotopic (exact) mass is 227 g/mol. The predicted octanol–water partition coefficient (Wildman–Crippen LogP) is 1.38. The van der Waals surface area contributed by atoms with Crippen molar-refractivity contribution in [1.82, 2.24) is 5.32 Å². The number of pyridine rings is 1. The quantitative estimate of drug-likeness (QED) is 0.790. The fourth-order valence-corrected chi connectivity index (χ4v) is 1.69. The fourth-order valence-electron chi connectivity index (χ4n) is 1.69. The number of benzene rings is 1. The van der Waals surface area contributed by atoms with Gasteiger partial charge in [0.25, 0.3) is 5.91 Å². The number of carbonyl (C=O) groups excluding carboxylic acids is 1. The summed E-state index contributed by atoms with van der Waals surface area (Å²) >= 11 is 0. The Bertz CT molecular complexity index is 509. The van der Waals surface area contributed by atoms with Crippen LogP contribution in [0.3, 0.4) is 0 Å². The molecule has 2 aromatic rings. The topological polar surface area (TPSA) is 33.0 Å². The lowest BCUT2D eigenvalue weighted by Crippen LogP contribution is -2.35. The summed E-state index contributed by atoms with van der Waals surface area (Å²) in [6.07, 6.45) is 3.81. The predicted molar refractivity (Wildman–Crippen MR) is 65.6 cm³/mol. The maximum atomic E-state index is 11.5. The third kappa shape index (κ3) is 2.91. The number of rotatable bonds is 3. The molecule has 0 unspecified atom stereocenters. The molecule has 0 aliphatic carbocycles. The second-order valence-electron chi connectivity index (χ2n) is 3.83. The fraction of sp³-hybridized carbons (Fsp3) is 0.143. The highest BCUT2D eigenvalue weighted by molar-refractivity contribution is 5.93. The first kappa shape index (κ1) is 11.3. The van der Waals surface area contributed by atoms with Gasteiger partial charge in [0.2, 0.25) is 0 Å². The molecule has 0 saturated carbocycles. The van der Waals surface area contributed by atoms with E-state index in [2.05, 4.69) is 17.4 Å². The molecule has 0 radical (unpaired) electrons. The zero-order chi connectivity index (χ0) is 12.1. The van der Waals surface area contributed by atoms with Crippen LogP contribution in [-0.2, 0) is 6.54 Å². The van der Waals surface area contributed by atoms with E-state index in [9.17, 15) is 4.79 Å². The molecule has 86 valence electrons.